The maximum absolute atomic E-state index is 9.41. The smallest absolute Gasteiger partial charge is 0.243 e. The number of hydrogen-bond acceptors (Lipinski definition) is 3. The van der Waals surface area contributed by atoms with Gasteiger partial charge in [0.1, 0.15) is 24.8 Å². The van der Waals surface area contributed by atoms with Gasteiger partial charge in [0.15, 0.2) is 0 Å². The lowest BCUT2D eigenvalue weighted by molar-refractivity contribution is -0.671. The molecule has 0 saturated carbocycles. The van der Waals surface area contributed by atoms with Crippen molar-refractivity contribution in [3.63, 3.8) is 0 Å². The SMILES string of the molecule is CCOP([O-])[O-].CCn1cc[n+](C)c1.CCn1cc[n+](C)c1. The van der Waals surface area contributed by atoms with Gasteiger partial charge in [0.25, 0.3) is 0 Å². The van der Waals surface area contributed by atoms with E-state index >= 15 is 0 Å². The fraction of sp³-hybridized carbons (Fsp3) is 0.571. The first kappa shape index (κ1) is 20.7. The predicted molar refractivity (Wildman–Crippen MR) is 81.1 cm³/mol. The summed E-state index contributed by atoms with van der Waals surface area (Å²) in [5.74, 6) is 0. The number of aromatic nitrogens is 4. The molecule has 0 bridgehead atoms. The van der Waals surface area contributed by atoms with Crippen LogP contribution in [-0.2, 0) is 31.7 Å². The van der Waals surface area contributed by atoms with Crippen LogP contribution in [0.2, 0.25) is 0 Å². The Labute approximate surface area is 134 Å². The van der Waals surface area contributed by atoms with E-state index in [9.17, 15) is 9.79 Å². The number of aryl methyl sites for hydroxylation is 4. The second-order valence-electron chi connectivity index (χ2n) is 4.46. The van der Waals surface area contributed by atoms with Crippen LogP contribution in [-0.4, -0.2) is 15.7 Å². The molecule has 2 rings (SSSR count). The first-order valence-electron chi connectivity index (χ1n) is 7.22. The highest BCUT2D eigenvalue weighted by Crippen LogP contribution is 2.10. The normalized spacial score (nSPS) is 9.82. The molecule has 2 aromatic heterocycles. The summed E-state index contributed by atoms with van der Waals surface area (Å²) < 4.78 is 12.3. The first-order valence-corrected chi connectivity index (χ1v) is 8.31. The van der Waals surface area contributed by atoms with Crippen molar-refractivity contribution in [2.75, 3.05) is 6.61 Å². The summed E-state index contributed by atoms with van der Waals surface area (Å²) in [6.45, 7) is 8.21. The van der Waals surface area contributed by atoms with E-state index in [2.05, 4.69) is 52.6 Å². The summed E-state index contributed by atoms with van der Waals surface area (Å²) in [7, 11) is 1.44. The van der Waals surface area contributed by atoms with E-state index in [1.165, 1.54) is 0 Å². The standard InChI is InChI=1S/2C6H11N2.C2H5O3P/c2*1-3-8-5-4-7(2)6-8;1-2-5-6(3)4/h2*4-6H,3H2,1-2H3;2H2,1H3/q2*+1;-2. The molecule has 0 saturated heterocycles. The molecule has 0 aromatic carbocycles. The van der Waals surface area contributed by atoms with Crippen LogP contribution in [0.15, 0.2) is 37.4 Å². The van der Waals surface area contributed by atoms with Gasteiger partial charge in [-0.15, -0.1) is 0 Å². The largest absolute Gasteiger partial charge is 0.820 e. The molecule has 0 atom stereocenters. The maximum atomic E-state index is 9.41. The van der Waals surface area contributed by atoms with Crippen LogP contribution in [0.5, 0.6) is 0 Å². The van der Waals surface area contributed by atoms with Gasteiger partial charge in [-0.3, -0.25) is 0 Å². The Hall–Kier alpha value is -1.27. The lowest BCUT2D eigenvalue weighted by Crippen LogP contribution is -2.23. The lowest BCUT2D eigenvalue weighted by atomic mass is 10.7. The fourth-order valence-electron chi connectivity index (χ4n) is 1.48. The summed E-state index contributed by atoms with van der Waals surface area (Å²) in [5, 5.41) is 0. The Morgan fingerprint density at radius 2 is 1.32 bits per heavy atom. The van der Waals surface area contributed by atoms with Gasteiger partial charge in [-0.05, 0) is 20.8 Å². The lowest BCUT2D eigenvalue weighted by Gasteiger charge is -2.27. The Balaban J connectivity index is 0.000000306. The Kier molecular flexibility index (Phi) is 11.6. The molecule has 0 N–H and O–H groups in total. The molecular formula is C14H27N4O3P. The van der Waals surface area contributed by atoms with Crippen molar-refractivity contribution in [3.8, 4) is 0 Å². The van der Waals surface area contributed by atoms with Crippen molar-refractivity contribution in [2.24, 2.45) is 14.1 Å². The molecule has 0 radical (unpaired) electrons. The highest BCUT2D eigenvalue weighted by atomic mass is 31.2. The molecule has 7 nitrogen and oxygen atoms in total. The summed E-state index contributed by atoms with van der Waals surface area (Å²) in [5.41, 5.74) is 0. The van der Waals surface area contributed by atoms with Crippen LogP contribution in [0.25, 0.3) is 0 Å². The number of rotatable bonds is 4. The summed E-state index contributed by atoms with van der Waals surface area (Å²) in [6, 6.07) is 0. The monoisotopic (exact) mass is 330 g/mol. The summed E-state index contributed by atoms with van der Waals surface area (Å²) in [4.78, 5) is 18.8. The van der Waals surface area contributed by atoms with E-state index in [-0.39, 0.29) is 6.61 Å². The predicted octanol–water partition coefficient (Wildman–Crippen LogP) is -0.365. The van der Waals surface area contributed by atoms with Crippen molar-refractivity contribution < 1.29 is 23.4 Å². The van der Waals surface area contributed by atoms with E-state index in [4.69, 9.17) is 0 Å². The molecule has 126 valence electrons. The fourth-order valence-corrected chi connectivity index (χ4v) is 1.69. The zero-order valence-electron chi connectivity index (χ0n) is 14.0. The van der Waals surface area contributed by atoms with Gasteiger partial charge < -0.3 is 14.3 Å². The average molecular weight is 330 g/mol. The van der Waals surface area contributed by atoms with Gasteiger partial charge in [-0.25, -0.2) is 18.3 Å². The van der Waals surface area contributed by atoms with Gasteiger partial charge >= 0.3 is 0 Å². The number of hydrogen-bond donors (Lipinski definition) is 0. The van der Waals surface area contributed by atoms with E-state index in [1.807, 2.05) is 35.6 Å². The van der Waals surface area contributed by atoms with Crippen molar-refractivity contribution in [2.45, 2.75) is 33.9 Å². The molecule has 8 heteroatoms. The maximum Gasteiger partial charge on any atom is 0.243 e. The third kappa shape index (κ3) is 10.5. The van der Waals surface area contributed by atoms with Gasteiger partial charge in [-0.1, -0.05) is 0 Å². The summed E-state index contributed by atoms with van der Waals surface area (Å²) in [6.07, 6.45) is 12.3. The molecule has 0 aliphatic carbocycles. The van der Waals surface area contributed by atoms with Crippen LogP contribution >= 0.6 is 8.60 Å². The first-order chi connectivity index (χ1) is 10.4. The highest BCUT2D eigenvalue weighted by Gasteiger charge is 1.93. The van der Waals surface area contributed by atoms with Crippen molar-refractivity contribution in [3.05, 3.63) is 37.4 Å². The van der Waals surface area contributed by atoms with Crippen LogP contribution in [0.3, 0.4) is 0 Å². The second kappa shape index (κ2) is 12.3. The molecule has 0 spiro atoms. The Morgan fingerprint density at radius 3 is 1.41 bits per heavy atom. The van der Waals surface area contributed by atoms with Crippen molar-refractivity contribution >= 4 is 8.60 Å². The molecule has 0 unspecified atom stereocenters. The Bertz CT molecular complexity index is 459. The quantitative estimate of drug-likeness (QED) is 0.567. The second-order valence-corrected chi connectivity index (χ2v) is 5.17. The minimum absolute atomic E-state index is 0.235. The van der Waals surface area contributed by atoms with E-state index in [1.54, 1.807) is 6.92 Å². The van der Waals surface area contributed by atoms with Gasteiger partial charge in [-0.2, -0.15) is 8.60 Å². The van der Waals surface area contributed by atoms with Crippen LogP contribution in [0.4, 0.5) is 0 Å². The Morgan fingerprint density at radius 1 is 0.909 bits per heavy atom. The number of imidazole rings is 2. The molecule has 0 amide bonds. The molecule has 2 heterocycles. The summed E-state index contributed by atoms with van der Waals surface area (Å²) >= 11 is 0. The molecule has 0 fully saturated rings. The molecule has 0 aliphatic rings. The number of nitrogens with zero attached hydrogens (tertiary/aromatic N) is 4. The van der Waals surface area contributed by atoms with Crippen molar-refractivity contribution in [1.29, 1.82) is 0 Å². The van der Waals surface area contributed by atoms with Gasteiger partial charge in [0.2, 0.25) is 12.7 Å². The minimum atomic E-state index is -2.60. The minimum Gasteiger partial charge on any atom is -0.820 e. The van der Waals surface area contributed by atoms with Crippen molar-refractivity contribution in [1.82, 2.24) is 9.13 Å². The van der Waals surface area contributed by atoms with E-state index < -0.39 is 8.60 Å². The molecule has 0 aliphatic heterocycles. The molecule has 2 aromatic rings. The zero-order valence-corrected chi connectivity index (χ0v) is 14.9. The van der Waals surface area contributed by atoms with Gasteiger partial charge in [0.05, 0.1) is 27.2 Å². The van der Waals surface area contributed by atoms with Crippen LogP contribution < -0.4 is 18.9 Å². The van der Waals surface area contributed by atoms with Crippen LogP contribution in [0, 0.1) is 0 Å². The van der Waals surface area contributed by atoms with E-state index in [0.29, 0.717) is 0 Å². The topological polar surface area (TPSA) is 73.0 Å². The third-order valence-corrected chi connectivity index (χ3v) is 3.08. The highest BCUT2D eigenvalue weighted by molar-refractivity contribution is 7.36. The third-order valence-electron chi connectivity index (χ3n) is 2.61. The average Bonchev–Trinajstić information content (AvgIpc) is 3.08. The molecular weight excluding hydrogens is 303 g/mol. The van der Waals surface area contributed by atoms with E-state index in [0.717, 1.165) is 13.1 Å². The molecule has 22 heavy (non-hydrogen) atoms. The van der Waals surface area contributed by atoms with Gasteiger partial charge in [0, 0.05) is 6.61 Å². The van der Waals surface area contributed by atoms with Crippen LogP contribution in [0.1, 0.15) is 20.8 Å². The zero-order chi connectivity index (χ0) is 17.0.